The van der Waals surface area contributed by atoms with E-state index in [2.05, 4.69) is 10.3 Å². The molecule has 0 fully saturated rings. The lowest BCUT2D eigenvalue weighted by atomic mass is 10.2. The Morgan fingerprint density at radius 3 is 2.71 bits per heavy atom. The van der Waals surface area contributed by atoms with Gasteiger partial charge in [-0.05, 0) is 18.2 Å². The average molecular weight is 330 g/mol. The molecule has 0 atom stereocenters. The maximum Gasteiger partial charge on any atom is 0.292 e. The zero-order valence-corrected chi connectivity index (χ0v) is 11.7. The molecule has 0 spiro atoms. The summed E-state index contributed by atoms with van der Waals surface area (Å²) in [4.78, 5) is 25.7. The fourth-order valence-corrected chi connectivity index (χ4v) is 1.90. The van der Waals surface area contributed by atoms with E-state index in [1.54, 1.807) is 0 Å². The van der Waals surface area contributed by atoms with Gasteiger partial charge in [-0.3, -0.25) is 14.9 Å². The van der Waals surface area contributed by atoms with Crippen LogP contribution in [0.2, 0.25) is 10.2 Å². The van der Waals surface area contributed by atoms with Gasteiger partial charge in [0.15, 0.2) is 0 Å². The first kappa shape index (κ1) is 15.1. The van der Waals surface area contributed by atoms with E-state index in [0.717, 1.165) is 18.3 Å². The molecule has 1 heterocycles. The number of aromatic nitrogens is 1. The van der Waals surface area contributed by atoms with Crippen molar-refractivity contribution in [3.8, 4) is 0 Å². The summed E-state index contributed by atoms with van der Waals surface area (Å²) in [7, 11) is 0. The van der Waals surface area contributed by atoms with E-state index in [9.17, 15) is 19.3 Å². The highest BCUT2D eigenvalue weighted by Crippen LogP contribution is 2.28. The number of carbonyl (C=O) groups excluding carboxylic acids is 1. The molecule has 0 saturated heterocycles. The zero-order valence-electron chi connectivity index (χ0n) is 10.1. The van der Waals surface area contributed by atoms with Crippen LogP contribution in [0.5, 0.6) is 0 Å². The highest BCUT2D eigenvalue weighted by atomic mass is 35.5. The van der Waals surface area contributed by atoms with Gasteiger partial charge in [0.2, 0.25) is 0 Å². The molecule has 0 aliphatic carbocycles. The topological polar surface area (TPSA) is 85.1 Å². The molecule has 0 saturated carbocycles. The monoisotopic (exact) mass is 329 g/mol. The molecular weight excluding hydrogens is 324 g/mol. The third kappa shape index (κ3) is 3.45. The Morgan fingerprint density at radius 1 is 1.33 bits per heavy atom. The number of nitro benzene ring substituents is 1. The molecule has 0 unspecified atom stereocenters. The summed E-state index contributed by atoms with van der Waals surface area (Å²) >= 11 is 11.4. The molecule has 6 nitrogen and oxygen atoms in total. The SMILES string of the molecule is O=C(Nc1cc(Cl)ccc1[N+](=O)[O-])c1cc(F)cnc1Cl. The standard InChI is InChI=1S/C12H6Cl2FN3O3/c13-6-1-2-10(18(20)21)9(3-6)17-12(19)8-4-7(15)5-16-11(8)14/h1-5H,(H,17,19). The molecule has 1 N–H and O–H groups in total. The van der Waals surface area contributed by atoms with Crippen molar-refractivity contribution in [3.63, 3.8) is 0 Å². The van der Waals surface area contributed by atoms with Gasteiger partial charge in [0.25, 0.3) is 11.6 Å². The van der Waals surface area contributed by atoms with Gasteiger partial charge >= 0.3 is 0 Å². The minimum Gasteiger partial charge on any atom is -0.316 e. The Hall–Kier alpha value is -2.25. The maximum absolute atomic E-state index is 13.1. The molecule has 108 valence electrons. The third-order valence-corrected chi connectivity index (χ3v) is 2.99. The Bertz CT molecular complexity index is 740. The quantitative estimate of drug-likeness (QED) is 0.528. The molecule has 21 heavy (non-hydrogen) atoms. The van der Waals surface area contributed by atoms with Crippen LogP contribution in [0.15, 0.2) is 30.5 Å². The number of amides is 1. The second-order valence-electron chi connectivity index (χ2n) is 3.86. The van der Waals surface area contributed by atoms with E-state index < -0.39 is 16.6 Å². The Morgan fingerprint density at radius 2 is 2.05 bits per heavy atom. The minimum atomic E-state index is -0.836. The highest BCUT2D eigenvalue weighted by molar-refractivity contribution is 6.33. The summed E-state index contributed by atoms with van der Waals surface area (Å²) in [6.07, 6.45) is 0.848. The summed E-state index contributed by atoms with van der Waals surface area (Å²) in [6, 6.07) is 4.54. The average Bonchev–Trinajstić information content (AvgIpc) is 2.41. The van der Waals surface area contributed by atoms with Crippen LogP contribution in [-0.4, -0.2) is 15.8 Å². The van der Waals surface area contributed by atoms with Crippen LogP contribution in [0.25, 0.3) is 0 Å². The maximum atomic E-state index is 13.1. The predicted molar refractivity (Wildman–Crippen MR) is 75.3 cm³/mol. The van der Waals surface area contributed by atoms with Crippen molar-refractivity contribution >= 4 is 40.5 Å². The van der Waals surface area contributed by atoms with Crippen molar-refractivity contribution in [2.45, 2.75) is 0 Å². The van der Waals surface area contributed by atoms with Gasteiger partial charge in [0, 0.05) is 11.1 Å². The number of carbonyl (C=O) groups is 1. The number of anilines is 1. The summed E-state index contributed by atoms with van der Waals surface area (Å²) in [6.45, 7) is 0. The fourth-order valence-electron chi connectivity index (χ4n) is 1.54. The molecule has 0 aliphatic heterocycles. The molecule has 0 radical (unpaired) electrons. The second-order valence-corrected chi connectivity index (χ2v) is 4.66. The molecule has 1 aromatic heterocycles. The summed E-state index contributed by atoms with van der Waals surface area (Å²) < 4.78 is 13.1. The van der Waals surface area contributed by atoms with Crippen molar-refractivity contribution in [2.75, 3.05) is 5.32 Å². The first-order valence-corrected chi connectivity index (χ1v) is 6.20. The van der Waals surface area contributed by atoms with Crippen molar-refractivity contribution in [1.82, 2.24) is 4.98 Å². The molecule has 1 amide bonds. The molecule has 2 aromatic rings. The Kier molecular flexibility index (Phi) is 4.35. The number of pyridine rings is 1. The fraction of sp³-hybridized carbons (Fsp3) is 0. The van der Waals surface area contributed by atoms with E-state index >= 15 is 0 Å². The van der Waals surface area contributed by atoms with Crippen LogP contribution in [-0.2, 0) is 0 Å². The molecule has 2 rings (SSSR count). The number of nitrogens with one attached hydrogen (secondary N) is 1. The normalized spacial score (nSPS) is 10.2. The largest absolute Gasteiger partial charge is 0.316 e. The zero-order chi connectivity index (χ0) is 15.6. The lowest BCUT2D eigenvalue weighted by Crippen LogP contribution is -2.14. The van der Waals surface area contributed by atoms with Crippen LogP contribution >= 0.6 is 23.2 Å². The molecule has 0 bridgehead atoms. The van der Waals surface area contributed by atoms with Crippen molar-refractivity contribution in [2.24, 2.45) is 0 Å². The van der Waals surface area contributed by atoms with Gasteiger partial charge in [-0.1, -0.05) is 23.2 Å². The van der Waals surface area contributed by atoms with Crippen LogP contribution in [0, 0.1) is 15.9 Å². The second kappa shape index (κ2) is 6.02. The van der Waals surface area contributed by atoms with Crippen LogP contribution in [0.4, 0.5) is 15.8 Å². The number of hydrogen-bond acceptors (Lipinski definition) is 4. The van der Waals surface area contributed by atoms with Gasteiger partial charge in [0.05, 0.1) is 16.7 Å². The number of hydrogen-bond donors (Lipinski definition) is 1. The van der Waals surface area contributed by atoms with E-state index in [1.165, 1.54) is 12.1 Å². The van der Waals surface area contributed by atoms with E-state index in [1.807, 2.05) is 0 Å². The lowest BCUT2D eigenvalue weighted by Gasteiger charge is -2.07. The number of halogens is 3. The van der Waals surface area contributed by atoms with E-state index in [0.29, 0.717) is 0 Å². The molecule has 1 aromatic carbocycles. The van der Waals surface area contributed by atoms with E-state index in [-0.39, 0.29) is 27.1 Å². The van der Waals surface area contributed by atoms with Crippen LogP contribution in [0.1, 0.15) is 10.4 Å². The highest BCUT2D eigenvalue weighted by Gasteiger charge is 2.19. The van der Waals surface area contributed by atoms with Gasteiger partial charge in [-0.25, -0.2) is 9.37 Å². The number of nitrogens with zero attached hydrogens (tertiary/aromatic N) is 2. The van der Waals surface area contributed by atoms with Crippen molar-refractivity contribution < 1.29 is 14.1 Å². The summed E-state index contributed by atoms with van der Waals surface area (Å²) in [5, 5.41) is 13.1. The number of rotatable bonds is 3. The van der Waals surface area contributed by atoms with Crippen molar-refractivity contribution in [3.05, 3.63) is 62.1 Å². The Labute approximate surface area is 127 Å². The lowest BCUT2D eigenvalue weighted by molar-refractivity contribution is -0.383. The molecule has 0 aliphatic rings. The first-order chi connectivity index (χ1) is 9.88. The Balaban J connectivity index is 2.38. The number of benzene rings is 1. The number of nitro groups is 1. The van der Waals surface area contributed by atoms with Crippen molar-refractivity contribution in [1.29, 1.82) is 0 Å². The van der Waals surface area contributed by atoms with Gasteiger partial charge in [0.1, 0.15) is 16.7 Å². The van der Waals surface area contributed by atoms with Crippen LogP contribution < -0.4 is 5.32 Å². The van der Waals surface area contributed by atoms with Gasteiger partial charge in [-0.15, -0.1) is 0 Å². The van der Waals surface area contributed by atoms with Crippen LogP contribution in [0.3, 0.4) is 0 Å². The molecular formula is C12H6Cl2FN3O3. The third-order valence-electron chi connectivity index (χ3n) is 2.45. The molecule has 9 heteroatoms. The van der Waals surface area contributed by atoms with E-state index in [4.69, 9.17) is 23.2 Å². The minimum absolute atomic E-state index is 0.127. The predicted octanol–water partition coefficient (Wildman–Crippen LogP) is 3.69. The summed E-state index contributed by atoms with van der Waals surface area (Å²) in [5.74, 6) is -1.59. The van der Waals surface area contributed by atoms with Gasteiger partial charge < -0.3 is 5.32 Å². The van der Waals surface area contributed by atoms with Gasteiger partial charge in [-0.2, -0.15) is 0 Å². The smallest absolute Gasteiger partial charge is 0.292 e. The summed E-state index contributed by atoms with van der Waals surface area (Å²) in [5.41, 5.74) is -0.725. The first-order valence-electron chi connectivity index (χ1n) is 5.45.